The van der Waals surface area contributed by atoms with Crippen molar-refractivity contribution >= 4 is 5.91 Å². The average molecular weight is 300 g/mol. The number of para-hydroxylation sites is 1. The fraction of sp³-hybridized carbons (Fsp3) is 0.500. The summed E-state index contributed by atoms with van der Waals surface area (Å²) in [6, 6.07) is 5.95. The first-order valence-corrected chi connectivity index (χ1v) is 6.63. The maximum Gasteiger partial charge on any atom is 0.262 e. The highest BCUT2D eigenvalue weighted by Crippen LogP contribution is 2.26. The zero-order valence-electron chi connectivity index (χ0n) is 11.6. The van der Waals surface area contributed by atoms with E-state index < -0.39 is 36.9 Å². The summed E-state index contributed by atoms with van der Waals surface area (Å²) in [4.78, 5) is 11.8. The lowest BCUT2D eigenvalue weighted by Gasteiger charge is -2.17. The Bertz CT molecular complexity index is 511. The molecule has 3 N–H and O–H groups in total. The third kappa shape index (κ3) is 3.89. The van der Waals surface area contributed by atoms with Crippen LogP contribution >= 0.6 is 0 Å². The van der Waals surface area contributed by atoms with E-state index in [0.29, 0.717) is 11.3 Å². The van der Waals surface area contributed by atoms with Gasteiger partial charge in [0.15, 0.2) is 0 Å². The van der Waals surface area contributed by atoms with Crippen molar-refractivity contribution in [3.05, 3.63) is 29.8 Å². The minimum atomic E-state index is -2.86. The van der Waals surface area contributed by atoms with Crippen LogP contribution in [-0.2, 0) is 4.79 Å². The third-order valence-corrected chi connectivity index (χ3v) is 3.39. The van der Waals surface area contributed by atoms with Crippen molar-refractivity contribution in [3.8, 4) is 5.75 Å². The van der Waals surface area contributed by atoms with Crippen LogP contribution in [0, 0.1) is 0 Å². The molecule has 0 aromatic heterocycles. The molecule has 2 rings (SSSR count). The van der Waals surface area contributed by atoms with E-state index in [9.17, 15) is 18.7 Å². The summed E-state index contributed by atoms with van der Waals surface area (Å²) in [6.45, 7) is -0.566. The number of ether oxygens (including phenoxy) is 1. The molecule has 5 nitrogen and oxygen atoms in total. The van der Waals surface area contributed by atoms with Gasteiger partial charge in [-0.25, -0.2) is 8.78 Å². The molecule has 1 heterocycles. The van der Waals surface area contributed by atoms with Gasteiger partial charge in [0.05, 0.1) is 25.8 Å². The number of benzene rings is 1. The average Bonchev–Trinajstić information content (AvgIpc) is 2.84. The quantitative estimate of drug-likeness (QED) is 0.754. The maximum absolute atomic E-state index is 13.0. The zero-order chi connectivity index (χ0) is 15.5. The molecule has 0 bridgehead atoms. The molecule has 1 fully saturated rings. The van der Waals surface area contributed by atoms with E-state index in [1.54, 1.807) is 24.3 Å². The number of carbonyl (C=O) groups is 1. The molecule has 0 saturated carbocycles. The first kappa shape index (κ1) is 15.7. The Kier molecular flexibility index (Phi) is 4.74. The van der Waals surface area contributed by atoms with Crippen LogP contribution in [0.5, 0.6) is 5.75 Å². The van der Waals surface area contributed by atoms with Gasteiger partial charge >= 0.3 is 0 Å². The molecule has 0 aliphatic carbocycles. The molecular weight excluding hydrogens is 282 g/mol. The smallest absolute Gasteiger partial charge is 0.262 e. The summed E-state index contributed by atoms with van der Waals surface area (Å²) in [5.74, 6) is -2.89. The van der Waals surface area contributed by atoms with Crippen molar-refractivity contribution in [2.24, 2.45) is 0 Å². The van der Waals surface area contributed by atoms with Crippen molar-refractivity contribution < 1.29 is 23.4 Å². The van der Waals surface area contributed by atoms with Crippen LogP contribution in [0.1, 0.15) is 18.1 Å². The molecule has 7 heteroatoms. The van der Waals surface area contributed by atoms with E-state index >= 15 is 0 Å². The fourth-order valence-corrected chi connectivity index (χ4v) is 2.27. The summed E-state index contributed by atoms with van der Waals surface area (Å²) in [5, 5.41) is 15.0. The molecular formula is C14H18F2N2O3. The normalized spacial score (nSPS) is 21.8. The topological polar surface area (TPSA) is 70.6 Å². The van der Waals surface area contributed by atoms with Gasteiger partial charge < -0.3 is 15.2 Å². The van der Waals surface area contributed by atoms with E-state index in [4.69, 9.17) is 4.74 Å². The number of carbonyl (C=O) groups excluding carboxylic acids is 1. The molecule has 1 aromatic rings. The molecule has 0 radical (unpaired) electrons. The van der Waals surface area contributed by atoms with Gasteiger partial charge in [-0.3, -0.25) is 10.1 Å². The van der Waals surface area contributed by atoms with Crippen LogP contribution in [0.15, 0.2) is 24.3 Å². The molecule has 21 heavy (non-hydrogen) atoms. The van der Waals surface area contributed by atoms with Crippen LogP contribution in [0.3, 0.4) is 0 Å². The van der Waals surface area contributed by atoms with Crippen molar-refractivity contribution in [1.29, 1.82) is 0 Å². The Hall–Kier alpha value is -1.73. The number of methoxy groups -OCH3 is 1. The summed E-state index contributed by atoms with van der Waals surface area (Å²) < 4.78 is 31.1. The minimum absolute atomic E-state index is 0.0665. The highest BCUT2D eigenvalue weighted by atomic mass is 19.3. The summed E-state index contributed by atoms with van der Waals surface area (Å²) in [5.41, 5.74) is 0.532. The largest absolute Gasteiger partial charge is 0.496 e. The minimum Gasteiger partial charge on any atom is -0.496 e. The lowest BCUT2D eigenvalue weighted by molar-refractivity contribution is -0.123. The van der Waals surface area contributed by atoms with Gasteiger partial charge in [-0.05, 0) is 6.07 Å². The fourth-order valence-electron chi connectivity index (χ4n) is 2.27. The second-order valence-corrected chi connectivity index (χ2v) is 5.00. The van der Waals surface area contributed by atoms with E-state index in [-0.39, 0.29) is 6.54 Å². The Morgan fingerprint density at radius 1 is 1.57 bits per heavy atom. The molecule has 116 valence electrons. The second-order valence-electron chi connectivity index (χ2n) is 5.00. The van der Waals surface area contributed by atoms with Crippen molar-refractivity contribution in [1.82, 2.24) is 10.6 Å². The molecule has 1 aromatic carbocycles. The summed E-state index contributed by atoms with van der Waals surface area (Å²) in [6.07, 6.45) is -1.49. The van der Waals surface area contributed by atoms with Gasteiger partial charge in [-0.15, -0.1) is 0 Å². The third-order valence-electron chi connectivity index (χ3n) is 3.39. The van der Waals surface area contributed by atoms with Crippen molar-refractivity contribution in [2.45, 2.75) is 24.5 Å². The van der Waals surface area contributed by atoms with Crippen LogP contribution in [0.4, 0.5) is 8.78 Å². The number of hydrogen-bond donors (Lipinski definition) is 3. The molecule has 1 saturated heterocycles. The standard InChI is InChI=1S/C14H18F2N2O3/c1-21-12-5-3-2-4-9(12)11(19)7-17-13(20)10-6-14(15,16)8-18-10/h2-5,10-11,18-19H,6-8H2,1H3,(H,17,20). The first-order valence-electron chi connectivity index (χ1n) is 6.63. The number of halogens is 2. The number of alkyl halides is 2. The number of nitrogens with one attached hydrogen (secondary N) is 2. The lowest BCUT2D eigenvalue weighted by Crippen LogP contribution is -2.41. The Labute approximate surface area is 121 Å². The van der Waals surface area contributed by atoms with Gasteiger partial charge in [0, 0.05) is 18.5 Å². The van der Waals surface area contributed by atoms with Gasteiger partial charge in [-0.2, -0.15) is 0 Å². The molecule has 1 aliphatic heterocycles. The predicted molar refractivity (Wildman–Crippen MR) is 72.3 cm³/mol. The van der Waals surface area contributed by atoms with Gasteiger partial charge in [0.1, 0.15) is 5.75 Å². The summed E-state index contributed by atoms with van der Waals surface area (Å²) in [7, 11) is 1.48. The summed E-state index contributed by atoms with van der Waals surface area (Å²) >= 11 is 0. The van der Waals surface area contributed by atoms with Gasteiger partial charge in [0.25, 0.3) is 5.92 Å². The van der Waals surface area contributed by atoms with E-state index in [1.165, 1.54) is 7.11 Å². The second kappa shape index (κ2) is 6.36. The molecule has 2 unspecified atom stereocenters. The molecule has 0 spiro atoms. The Morgan fingerprint density at radius 3 is 2.90 bits per heavy atom. The highest BCUT2D eigenvalue weighted by Gasteiger charge is 2.42. The molecule has 1 aliphatic rings. The number of aliphatic hydroxyl groups excluding tert-OH is 1. The van der Waals surface area contributed by atoms with Crippen molar-refractivity contribution in [3.63, 3.8) is 0 Å². The van der Waals surface area contributed by atoms with E-state index in [0.717, 1.165) is 0 Å². The Morgan fingerprint density at radius 2 is 2.29 bits per heavy atom. The van der Waals surface area contributed by atoms with E-state index in [2.05, 4.69) is 10.6 Å². The van der Waals surface area contributed by atoms with Crippen LogP contribution in [-0.4, -0.2) is 43.2 Å². The molecule has 2 atom stereocenters. The Balaban J connectivity index is 1.89. The maximum atomic E-state index is 13.0. The monoisotopic (exact) mass is 300 g/mol. The number of hydrogen-bond acceptors (Lipinski definition) is 4. The number of aliphatic hydroxyl groups is 1. The van der Waals surface area contributed by atoms with Gasteiger partial charge in [-0.1, -0.05) is 18.2 Å². The van der Waals surface area contributed by atoms with Crippen molar-refractivity contribution in [2.75, 3.05) is 20.2 Å². The lowest BCUT2D eigenvalue weighted by atomic mass is 10.1. The number of amides is 1. The SMILES string of the molecule is COc1ccccc1C(O)CNC(=O)C1CC(F)(F)CN1. The predicted octanol–water partition coefficient (Wildman–Crippen LogP) is 0.842. The molecule has 1 amide bonds. The van der Waals surface area contributed by atoms with Crippen LogP contribution in [0.25, 0.3) is 0 Å². The zero-order valence-corrected chi connectivity index (χ0v) is 11.6. The van der Waals surface area contributed by atoms with E-state index in [1.807, 2.05) is 0 Å². The highest BCUT2D eigenvalue weighted by molar-refractivity contribution is 5.82. The first-order chi connectivity index (χ1) is 9.93. The number of rotatable bonds is 5. The van der Waals surface area contributed by atoms with Crippen LogP contribution in [0.2, 0.25) is 0 Å². The van der Waals surface area contributed by atoms with Crippen LogP contribution < -0.4 is 15.4 Å². The van der Waals surface area contributed by atoms with Gasteiger partial charge in [0.2, 0.25) is 5.91 Å².